The molecule has 0 radical (unpaired) electrons. The van der Waals surface area contributed by atoms with Crippen molar-refractivity contribution in [2.75, 3.05) is 6.54 Å². The van der Waals surface area contributed by atoms with Gasteiger partial charge < -0.3 is 0 Å². The summed E-state index contributed by atoms with van der Waals surface area (Å²) in [4.78, 5) is 2.82. The van der Waals surface area contributed by atoms with Crippen LogP contribution in [0.5, 0.6) is 0 Å². The van der Waals surface area contributed by atoms with Gasteiger partial charge >= 0.3 is 0 Å². The number of nitrogens with zero attached hydrogens (tertiary/aromatic N) is 1. The maximum atomic E-state index is 2.82. The molecule has 0 amide bonds. The normalized spacial score (nSPS) is 36.8. The van der Waals surface area contributed by atoms with Gasteiger partial charge in [0.15, 0.2) is 0 Å². The van der Waals surface area contributed by atoms with E-state index in [9.17, 15) is 0 Å². The molecule has 2 heterocycles. The second-order valence-electron chi connectivity index (χ2n) is 6.45. The maximum absolute atomic E-state index is 2.82. The van der Waals surface area contributed by atoms with Gasteiger partial charge in [0.05, 0.1) is 0 Å². The van der Waals surface area contributed by atoms with E-state index in [1.54, 1.807) is 0 Å². The first-order chi connectivity index (χ1) is 7.08. The van der Waals surface area contributed by atoms with Crippen molar-refractivity contribution >= 4 is 0 Å². The van der Waals surface area contributed by atoms with Gasteiger partial charge in [-0.3, -0.25) is 4.90 Å². The highest BCUT2D eigenvalue weighted by molar-refractivity contribution is 4.95. The summed E-state index contributed by atoms with van der Waals surface area (Å²) in [6.45, 7) is 10.9. The largest absolute Gasteiger partial charge is 0.297 e. The van der Waals surface area contributed by atoms with E-state index in [0.29, 0.717) is 0 Å². The monoisotopic (exact) mass is 209 g/mol. The first-order valence-corrected chi connectivity index (χ1v) is 6.83. The molecule has 2 saturated heterocycles. The Hall–Kier alpha value is -0.0400. The van der Waals surface area contributed by atoms with Crippen LogP contribution >= 0.6 is 0 Å². The van der Waals surface area contributed by atoms with Gasteiger partial charge in [-0.15, -0.1) is 0 Å². The van der Waals surface area contributed by atoms with Gasteiger partial charge in [0.1, 0.15) is 0 Å². The number of rotatable bonds is 3. The molecule has 2 fully saturated rings. The third-order valence-electron chi connectivity index (χ3n) is 4.44. The second kappa shape index (κ2) is 4.45. The van der Waals surface area contributed by atoms with Crippen molar-refractivity contribution in [1.29, 1.82) is 0 Å². The molecule has 2 rings (SSSR count). The molecule has 3 atom stereocenters. The van der Waals surface area contributed by atoms with Gasteiger partial charge in [-0.1, -0.05) is 27.7 Å². The minimum atomic E-state index is 0.837. The van der Waals surface area contributed by atoms with Crippen molar-refractivity contribution in [2.45, 2.75) is 65.5 Å². The molecule has 0 spiro atoms. The Morgan fingerprint density at radius 3 is 1.93 bits per heavy atom. The molecule has 2 aliphatic rings. The Morgan fingerprint density at radius 1 is 1.00 bits per heavy atom. The standard InChI is InChI=1S/C14H27N/c1-10(2)9-15-13-5-6-14(15)8-12(7-13)11(3)4/h10-14H,5-9H2,1-4H3/t12?,13-,14+. The molecule has 2 aliphatic heterocycles. The van der Waals surface area contributed by atoms with E-state index in [2.05, 4.69) is 32.6 Å². The van der Waals surface area contributed by atoms with Crippen molar-refractivity contribution in [3.05, 3.63) is 0 Å². The van der Waals surface area contributed by atoms with Gasteiger partial charge in [-0.05, 0) is 43.4 Å². The number of fused-ring (bicyclic) bond motifs is 2. The smallest absolute Gasteiger partial charge is 0.0102 e. The summed E-state index contributed by atoms with van der Waals surface area (Å²) in [6, 6.07) is 1.86. The van der Waals surface area contributed by atoms with Crippen LogP contribution in [0.15, 0.2) is 0 Å². The molecular formula is C14H27N. The predicted octanol–water partition coefficient (Wildman–Crippen LogP) is 3.54. The van der Waals surface area contributed by atoms with Crippen LogP contribution in [-0.4, -0.2) is 23.5 Å². The average Bonchev–Trinajstić information content (AvgIpc) is 2.40. The minimum Gasteiger partial charge on any atom is -0.297 e. The Balaban J connectivity index is 1.97. The van der Waals surface area contributed by atoms with Gasteiger partial charge in [-0.2, -0.15) is 0 Å². The average molecular weight is 209 g/mol. The van der Waals surface area contributed by atoms with Crippen LogP contribution < -0.4 is 0 Å². The first kappa shape index (κ1) is 11.4. The Kier molecular flexibility index (Phi) is 3.39. The van der Waals surface area contributed by atoms with Crippen LogP contribution in [-0.2, 0) is 0 Å². The van der Waals surface area contributed by atoms with Crippen LogP contribution in [0.4, 0.5) is 0 Å². The molecule has 0 aromatic heterocycles. The second-order valence-corrected chi connectivity index (χ2v) is 6.45. The molecule has 2 bridgehead atoms. The van der Waals surface area contributed by atoms with E-state index >= 15 is 0 Å². The van der Waals surface area contributed by atoms with Gasteiger partial charge in [0, 0.05) is 18.6 Å². The van der Waals surface area contributed by atoms with Gasteiger partial charge in [-0.25, -0.2) is 0 Å². The van der Waals surface area contributed by atoms with E-state index in [0.717, 1.165) is 29.8 Å². The van der Waals surface area contributed by atoms with Crippen molar-refractivity contribution in [3.8, 4) is 0 Å². The van der Waals surface area contributed by atoms with E-state index in [1.165, 1.54) is 32.2 Å². The molecule has 0 N–H and O–H groups in total. The van der Waals surface area contributed by atoms with Crippen LogP contribution in [0.2, 0.25) is 0 Å². The minimum absolute atomic E-state index is 0.837. The zero-order valence-electron chi connectivity index (χ0n) is 10.9. The summed E-state index contributed by atoms with van der Waals surface area (Å²) in [6.07, 6.45) is 5.89. The van der Waals surface area contributed by atoms with E-state index < -0.39 is 0 Å². The topological polar surface area (TPSA) is 3.24 Å². The molecule has 0 aromatic rings. The molecule has 88 valence electrons. The highest BCUT2D eigenvalue weighted by Gasteiger charge is 2.41. The molecule has 1 heteroatoms. The van der Waals surface area contributed by atoms with Crippen LogP contribution in [0.3, 0.4) is 0 Å². The van der Waals surface area contributed by atoms with E-state index in [-0.39, 0.29) is 0 Å². The lowest BCUT2D eigenvalue weighted by atomic mass is 9.82. The number of hydrogen-bond acceptors (Lipinski definition) is 1. The van der Waals surface area contributed by atoms with Gasteiger partial charge in [0.2, 0.25) is 0 Å². The molecule has 0 aromatic carbocycles. The molecular weight excluding hydrogens is 182 g/mol. The summed E-state index contributed by atoms with van der Waals surface area (Å²) in [7, 11) is 0. The summed E-state index contributed by atoms with van der Waals surface area (Å²) < 4.78 is 0. The lowest BCUT2D eigenvalue weighted by Gasteiger charge is -2.41. The molecule has 1 nitrogen and oxygen atoms in total. The highest BCUT2D eigenvalue weighted by Crippen LogP contribution is 2.41. The van der Waals surface area contributed by atoms with Crippen molar-refractivity contribution in [1.82, 2.24) is 4.90 Å². The maximum Gasteiger partial charge on any atom is 0.0102 e. The first-order valence-electron chi connectivity index (χ1n) is 6.83. The fraction of sp³-hybridized carbons (Fsp3) is 1.00. The SMILES string of the molecule is CC(C)CN1[C@@H]2CC[C@H]1CC(C(C)C)C2. The highest BCUT2D eigenvalue weighted by atomic mass is 15.2. The third-order valence-corrected chi connectivity index (χ3v) is 4.44. The molecule has 15 heavy (non-hydrogen) atoms. The summed E-state index contributed by atoms with van der Waals surface area (Å²) in [5, 5.41) is 0. The van der Waals surface area contributed by atoms with Crippen LogP contribution in [0.1, 0.15) is 53.4 Å². The van der Waals surface area contributed by atoms with Crippen molar-refractivity contribution in [3.63, 3.8) is 0 Å². The quantitative estimate of drug-likeness (QED) is 0.687. The fourth-order valence-corrected chi connectivity index (χ4v) is 3.58. The summed E-state index contributed by atoms with van der Waals surface area (Å²) in [5.74, 6) is 2.74. The Labute approximate surface area is 95.2 Å². The van der Waals surface area contributed by atoms with E-state index in [1.807, 2.05) is 0 Å². The van der Waals surface area contributed by atoms with E-state index in [4.69, 9.17) is 0 Å². The predicted molar refractivity (Wildman–Crippen MR) is 65.9 cm³/mol. The Bertz CT molecular complexity index is 195. The van der Waals surface area contributed by atoms with Crippen LogP contribution in [0, 0.1) is 17.8 Å². The third kappa shape index (κ3) is 2.38. The van der Waals surface area contributed by atoms with Crippen molar-refractivity contribution < 1.29 is 0 Å². The molecule has 0 saturated carbocycles. The lowest BCUT2D eigenvalue weighted by Crippen LogP contribution is -2.45. The lowest BCUT2D eigenvalue weighted by molar-refractivity contribution is 0.0748. The molecule has 1 unspecified atom stereocenters. The summed E-state index contributed by atoms with van der Waals surface area (Å²) >= 11 is 0. The zero-order chi connectivity index (χ0) is 11.0. The fourth-order valence-electron chi connectivity index (χ4n) is 3.58. The molecule has 0 aliphatic carbocycles. The van der Waals surface area contributed by atoms with Crippen molar-refractivity contribution in [2.24, 2.45) is 17.8 Å². The van der Waals surface area contributed by atoms with Gasteiger partial charge in [0.25, 0.3) is 0 Å². The zero-order valence-corrected chi connectivity index (χ0v) is 10.9. The van der Waals surface area contributed by atoms with Crippen LogP contribution in [0.25, 0.3) is 0 Å². The summed E-state index contributed by atoms with van der Waals surface area (Å²) in [5.41, 5.74) is 0. The number of piperidine rings is 1. The number of hydrogen-bond donors (Lipinski definition) is 0. The Morgan fingerprint density at radius 2 is 1.53 bits per heavy atom.